The lowest BCUT2D eigenvalue weighted by molar-refractivity contribution is -0.143. The highest BCUT2D eigenvalue weighted by Crippen LogP contribution is 2.49. The Morgan fingerprint density at radius 2 is 1.43 bits per heavy atom. The molecule has 1 aromatic rings. The van der Waals surface area contributed by atoms with Crippen molar-refractivity contribution in [3.63, 3.8) is 0 Å². The highest BCUT2D eigenvalue weighted by atomic mass is 19.4. The van der Waals surface area contributed by atoms with Gasteiger partial charge in [-0.2, -0.15) is 26.3 Å². The Kier molecular flexibility index (Phi) is 3.46. The molecule has 1 amide bonds. The molecule has 1 aliphatic carbocycles. The molecule has 0 bridgehead atoms. The minimum absolute atomic E-state index is 0.0628. The van der Waals surface area contributed by atoms with Crippen molar-refractivity contribution in [2.24, 2.45) is 11.1 Å². The van der Waals surface area contributed by atoms with Gasteiger partial charge in [-0.15, -0.1) is 0 Å². The van der Waals surface area contributed by atoms with Gasteiger partial charge >= 0.3 is 12.4 Å². The second-order valence-corrected chi connectivity index (χ2v) is 5.24. The monoisotopic (exact) mass is 311 g/mol. The predicted molar refractivity (Wildman–Crippen MR) is 61.0 cm³/mol. The molecule has 0 atom stereocenters. The molecule has 0 saturated heterocycles. The average molecular weight is 311 g/mol. The third-order valence-electron chi connectivity index (χ3n) is 3.57. The maximum Gasteiger partial charge on any atom is 0.416 e. The van der Waals surface area contributed by atoms with Gasteiger partial charge in [-0.3, -0.25) is 4.79 Å². The largest absolute Gasteiger partial charge is 0.416 e. The van der Waals surface area contributed by atoms with Crippen molar-refractivity contribution in [3.05, 3.63) is 34.9 Å². The molecule has 1 aliphatic rings. The van der Waals surface area contributed by atoms with Gasteiger partial charge in [-0.25, -0.2) is 0 Å². The maximum absolute atomic E-state index is 12.7. The van der Waals surface area contributed by atoms with Crippen molar-refractivity contribution in [2.75, 3.05) is 0 Å². The van der Waals surface area contributed by atoms with Crippen molar-refractivity contribution in [3.8, 4) is 0 Å². The van der Waals surface area contributed by atoms with Gasteiger partial charge in [0.2, 0.25) is 5.91 Å². The van der Waals surface area contributed by atoms with E-state index in [1.54, 1.807) is 0 Å². The molecule has 21 heavy (non-hydrogen) atoms. The molecule has 0 heterocycles. The molecule has 0 radical (unpaired) electrons. The van der Waals surface area contributed by atoms with Gasteiger partial charge in [0.1, 0.15) is 0 Å². The first kappa shape index (κ1) is 15.7. The van der Waals surface area contributed by atoms with Crippen LogP contribution in [0.3, 0.4) is 0 Å². The summed E-state index contributed by atoms with van der Waals surface area (Å²) in [5.41, 5.74) is 1.19. The molecule has 0 spiro atoms. The summed E-state index contributed by atoms with van der Waals surface area (Å²) in [5.74, 6) is -0.700. The number of amides is 1. The lowest BCUT2D eigenvalue weighted by Gasteiger charge is -2.16. The zero-order chi connectivity index (χ0) is 16.1. The van der Waals surface area contributed by atoms with Gasteiger partial charge in [0.25, 0.3) is 0 Å². The fraction of sp³-hybridized carbons (Fsp3) is 0.462. The number of alkyl halides is 6. The summed E-state index contributed by atoms with van der Waals surface area (Å²) in [6.45, 7) is 0. The average Bonchev–Trinajstić information content (AvgIpc) is 3.07. The summed E-state index contributed by atoms with van der Waals surface area (Å²) in [6, 6.07) is 1.34. The van der Waals surface area contributed by atoms with Gasteiger partial charge in [-0.05, 0) is 43.0 Å². The van der Waals surface area contributed by atoms with Gasteiger partial charge in [-0.1, -0.05) is 0 Å². The predicted octanol–water partition coefficient (Wildman–Crippen LogP) is 3.53. The van der Waals surface area contributed by atoms with Gasteiger partial charge in [0.05, 0.1) is 16.5 Å². The van der Waals surface area contributed by atoms with E-state index < -0.39 is 34.8 Å². The Hall–Kier alpha value is -1.73. The van der Waals surface area contributed by atoms with Crippen LogP contribution in [0.1, 0.15) is 29.5 Å². The third-order valence-corrected chi connectivity index (χ3v) is 3.57. The van der Waals surface area contributed by atoms with Crippen molar-refractivity contribution >= 4 is 5.91 Å². The van der Waals surface area contributed by atoms with Gasteiger partial charge in [0.15, 0.2) is 0 Å². The van der Waals surface area contributed by atoms with Crippen LogP contribution in [0, 0.1) is 5.41 Å². The smallest absolute Gasteiger partial charge is 0.369 e. The molecule has 1 fully saturated rings. The van der Waals surface area contributed by atoms with Crippen LogP contribution in [0.5, 0.6) is 0 Å². The highest BCUT2D eigenvalue weighted by molar-refractivity contribution is 5.83. The number of hydrogen-bond donors (Lipinski definition) is 1. The first-order valence-electron chi connectivity index (χ1n) is 6.02. The molecular formula is C13H11F6NO. The first-order chi connectivity index (χ1) is 9.44. The summed E-state index contributed by atoms with van der Waals surface area (Å²) >= 11 is 0. The van der Waals surface area contributed by atoms with E-state index in [0.29, 0.717) is 25.0 Å². The summed E-state index contributed by atoms with van der Waals surface area (Å²) in [4.78, 5) is 11.2. The number of benzene rings is 1. The lowest BCUT2D eigenvalue weighted by atomic mass is 9.93. The molecule has 0 aromatic heterocycles. The quantitative estimate of drug-likeness (QED) is 0.853. The van der Waals surface area contributed by atoms with E-state index >= 15 is 0 Å². The standard InChI is InChI=1S/C13H11F6NO/c14-12(15,16)8-3-7(4-9(5-8)13(17,18)19)6-11(1-2-11)10(20)21/h3-5H,1-2,6H2,(H2,20,21). The Labute approximate surface area is 115 Å². The number of hydrogen-bond acceptors (Lipinski definition) is 1. The number of carbonyl (C=O) groups excluding carboxylic acids is 1. The van der Waals surface area contributed by atoms with Crippen LogP contribution in [-0.4, -0.2) is 5.91 Å². The molecule has 0 aliphatic heterocycles. The first-order valence-corrected chi connectivity index (χ1v) is 6.02. The molecule has 2 rings (SSSR count). The summed E-state index contributed by atoms with van der Waals surface area (Å²) in [5, 5.41) is 0. The van der Waals surface area contributed by atoms with Crippen LogP contribution < -0.4 is 5.73 Å². The van der Waals surface area contributed by atoms with E-state index in [1.165, 1.54) is 0 Å². The number of nitrogens with two attached hydrogens (primary N) is 1. The van der Waals surface area contributed by atoms with Crippen molar-refractivity contribution < 1.29 is 31.1 Å². The third kappa shape index (κ3) is 3.30. The molecule has 1 saturated carbocycles. The van der Waals surface area contributed by atoms with E-state index in [1.807, 2.05) is 0 Å². The van der Waals surface area contributed by atoms with E-state index in [-0.39, 0.29) is 18.1 Å². The molecule has 8 heteroatoms. The number of carbonyl (C=O) groups is 1. The minimum atomic E-state index is -4.89. The normalized spacial score (nSPS) is 17.6. The lowest BCUT2D eigenvalue weighted by Crippen LogP contribution is -2.27. The zero-order valence-corrected chi connectivity index (χ0v) is 10.6. The number of primary amides is 1. The van der Waals surface area contributed by atoms with Crippen LogP contribution in [0.2, 0.25) is 0 Å². The van der Waals surface area contributed by atoms with Gasteiger partial charge in [0, 0.05) is 0 Å². The van der Waals surface area contributed by atoms with Crippen molar-refractivity contribution in [2.45, 2.75) is 31.6 Å². The number of rotatable bonds is 3. The van der Waals surface area contributed by atoms with Crippen molar-refractivity contribution in [1.82, 2.24) is 0 Å². The molecule has 1 aromatic carbocycles. The van der Waals surface area contributed by atoms with Crippen molar-refractivity contribution in [1.29, 1.82) is 0 Å². The molecule has 2 N–H and O–H groups in total. The molecular weight excluding hydrogens is 300 g/mol. The highest BCUT2D eigenvalue weighted by Gasteiger charge is 2.48. The Morgan fingerprint density at radius 1 is 1.00 bits per heavy atom. The molecule has 0 unspecified atom stereocenters. The summed E-state index contributed by atoms with van der Waals surface area (Å²) in [7, 11) is 0. The minimum Gasteiger partial charge on any atom is -0.369 e. The summed E-state index contributed by atoms with van der Waals surface area (Å²) < 4.78 is 76.1. The zero-order valence-electron chi connectivity index (χ0n) is 10.6. The maximum atomic E-state index is 12.7. The summed E-state index contributed by atoms with van der Waals surface area (Å²) in [6.07, 6.45) is -9.24. The topological polar surface area (TPSA) is 43.1 Å². The van der Waals surface area contributed by atoms with E-state index in [0.717, 1.165) is 0 Å². The molecule has 2 nitrogen and oxygen atoms in total. The Morgan fingerprint density at radius 3 is 1.71 bits per heavy atom. The fourth-order valence-corrected chi connectivity index (χ4v) is 2.17. The van der Waals surface area contributed by atoms with E-state index in [9.17, 15) is 31.1 Å². The molecule has 116 valence electrons. The van der Waals surface area contributed by atoms with E-state index in [4.69, 9.17) is 5.73 Å². The van der Waals surface area contributed by atoms with Crippen LogP contribution in [-0.2, 0) is 23.6 Å². The van der Waals surface area contributed by atoms with Crippen LogP contribution in [0.4, 0.5) is 26.3 Å². The fourth-order valence-electron chi connectivity index (χ4n) is 2.17. The SMILES string of the molecule is NC(=O)C1(Cc2cc(C(F)(F)F)cc(C(F)(F)F)c2)CC1. The second kappa shape index (κ2) is 4.64. The van der Waals surface area contributed by atoms with Crippen LogP contribution in [0.15, 0.2) is 18.2 Å². The van der Waals surface area contributed by atoms with E-state index in [2.05, 4.69) is 0 Å². The van der Waals surface area contributed by atoms with Crippen LogP contribution >= 0.6 is 0 Å². The van der Waals surface area contributed by atoms with Gasteiger partial charge < -0.3 is 5.73 Å². The number of halogens is 6. The Balaban J connectivity index is 2.44. The Bertz CT molecular complexity index is 539. The second-order valence-electron chi connectivity index (χ2n) is 5.24. The van der Waals surface area contributed by atoms with Crippen LogP contribution in [0.25, 0.3) is 0 Å².